The first-order chi connectivity index (χ1) is 14.8. The summed E-state index contributed by atoms with van der Waals surface area (Å²) in [6.45, 7) is 3.94. The molecule has 0 saturated carbocycles. The Kier molecular flexibility index (Phi) is 7.14. The Morgan fingerprint density at radius 1 is 1.03 bits per heavy atom. The topological polar surface area (TPSA) is 54.5 Å². The molecule has 158 valence electrons. The minimum absolute atomic E-state index is 0.0794. The summed E-state index contributed by atoms with van der Waals surface area (Å²) in [4.78, 5) is 18.9. The molecule has 1 saturated heterocycles. The fourth-order valence-electron chi connectivity index (χ4n) is 4.26. The molecule has 1 fully saturated rings. The number of amides is 1. The first-order valence-electron chi connectivity index (χ1n) is 11.1. The van der Waals surface area contributed by atoms with Gasteiger partial charge in [0.05, 0.1) is 0 Å². The molecular weight excluding hydrogens is 374 g/mol. The van der Waals surface area contributed by atoms with Crippen molar-refractivity contribution in [3.8, 4) is 5.75 Å². The Labute approximate surface area is 179 Å². The maximum Gasteiger partial charge on any atom is 0.251 e. The van der Waals surface area contributed by atoms with Gasteiger partial charge in [-0.25, -0.2) is 0 Å². The molecular formula is C25H31N3O2. The van der Waals surface area contributed by atoms with Crippen LogP contribution < -0.4 is 10.1 Å². The highest BCUT2D eigenvalue weighted by Gasteiger charge is 2.23. The number of pyridine rings is 1. The van der Waals surface area contributed by atoms with Gasteiger partial charge in [0, 0.05) is 44.1 Å². The molecule has 0 spiro atoms. The third kappa shape index (κ3) is 5.92. The van der Waals surface area contributed by atoms with Crippen LogP contribution in [0.2, 0.25) is 0 Å². The standard InChI is InChI=1S/C25H31N3O2/c29-25(27-18-20-10-14-26-15-11-20)22-6-8-23(9-7-22)30-24-12-16-28(17-13-24)19-21-4-2-1-3-5-21/h1-2,6-11,14-15,21,24H,3-5,12-13,16-19H2,(H,27,29). The molecule has 1 amide bonds. The summed E-state index contributed by atoms with van der Waals surface area (Å²) in [5.41, 5.74) is 1.68. The van der Waals surface area contributed by atoms with Crippen LogP contribution in [0, 0.1) is 5.92 Å². The lowest BCUT2D eigenvalue weighted by atomic mass is 9.93. The van der Waals surface area contributed by atoms with E-state index >= 15 is 0 Å². The third-order valence-corrected chi connectivity index (χ3v) is 6.05. The smallest absolute Gasteiger partial charge is 0.251 e. The van der Waals surface area contributed by atoms with E-state index in [9.17, 15) is 4.79 Å². The van der Waals surface area contributed by atoms with Crippen molar-refractivity contribution < 1.29 is 9.53 Å². The van der Waals surface area contributed by atoms with Crippen LogP contribution in [0.4, 0.5) is 0 Å². The fraction of sp³-hybridized carbons (Fsp3) is 0.440. The van der Waals surface area contributed by atoms with E-state index in [2.05, 4.69) is 27.4 Å². The summed E-state index contributed by atoms with van der Waals surface area (Å²) in [5, 5.41) is 2.94. The van der Waals surface area contributed by atoms with Gasteiger partial charge in [-0.2, -0.15) is 0 Å². The van der Waals surface area contributed by atoms with Crippen molar-refractivity contribution in [2.24, 2.45) is 5.92 Å². The van der Waals surface area contributed by atoms with Gasteiger partial charge in [0.2, 0.25) is 0 Å². The number of rotatable bonds is 7. The Balaban J connectivity index is 1.20. The zero-order valence-electron chi connectivity index (χ0n) is 17.5. The van der Waals surface area contributed by atoms with E-state index < -0.39 is 0 Å². The van der Waals surface area contributed by atoms with Crippen molar-refractivity contribution in [3.05, 3.63) is 72.1 Å². The summed E-state index contributed by atoms with van der Waals surface area (Å²) >= 11 is 0. The first kappa shape index (κ1) is 20.6. The highest BCUT2D eigenvalue weighted by atomic mass is 16.5. The Morgan fingerprint density at radius 3 is 2.50 bits per heavy atom. The van der Waals surface area contributed by atoms with Crippen LogP contribution in [0.3, 0.4) is 0 Å². The maximum atomic E-state index is 12.3. The van der Waals surface area contributed by atoms with Gasteiger partial charge in [-0.15, -0.1) is 0 Å². The van der Waals surface area contributed by atoms with Gasteiger partial charge in [0.15, 0.2) is 0 Å². The molecule has 1 N–H and O–H groups in total. The molecule has 2 heterocycles. The van der Waals surface area contributed by atoms with Crippen LogP contribution in [0.5, 0.6) is 5.75 Å². The van der Waals surface area contributed by atoms with Crippen LogP contribution in [-0.2, 0) is 6.54 Å². The summed E-state index contributed by atoms with van der Waals surface area (Å²) < 4.78 is 6.18. The zero-order valence-corrected chi connectivity index (χ0v) is 17.5. The maximum absolute atomic E-state index is 12.3. The van der Waals surface area contributed by atoms with Crippen molar-refractivity contribution in [1.82, 2.24) is 15.2 Å². The number of allylic oxidation sites excluding steroid dienone is 2. The van der Waals surface area contributed by atoms with E-state index in [1.165, 1.54) is 25.8 Å². The lowest BCUT2D eigenvalue weighted by Gasteiger charge is -2.34. The number of nitrogens with zero attached hydrogens (tertiary/aromatic N) is 2. The molecule has 1 aliphatic heterocycles. The van der Waals surface area contributed by atoms with Crippen molar-refractivity contribution >= 4 is 5.91 Å². The number of aromatic nitrogens is 1. The molecule has 1 aromatic carbocycles. The zero-order chi connectivity index (χ0) is 20.6. The highest BCUT2D eigenvalue weighted by molar-refractivity contribution is 5.94. The summed E-state index contributed by atoms with van der Waals surface area (Å²) in [7, 11) is 0. The average Bonchev–Trinajstić information content (AvgIpc) is 2.81. The Hall–Kier alpha value is -2.66. The molecule has 0 bridgehead atoms. The second kappa shape index (κ2) is 10.4. The fourth-order valence-corrected chi connectivity index (χ4v) is 4.26. The molecule has 1 atom stereocenters. The van der Waals surface area contributed by atoms with Crippen molar-refractivity contribution in [2.45, 2.75) is 44.8 Å². The number of nitrogens with one attached hydrogen (secondary N) is 1. The molecule has 0 radical (unpaired) electrons. The van der Waals surface area contributed by atoms with Crippen molar-refractivity contribution in [1.29, 1.82) is 0 Å². The number of carbonyl (C=O) groups excluding carboxylic acids is 1. The van der Waals surface area contributed by atoms with Crippen molar-refractivity contribution in [2.75, 3.05) is 19.6 Å². The summed E-state index contributed by atoms with van der Waals surface area (Å²) in [5.74, 6) is 1.59. The number of piperidine rings is 1. The largest absolute Gasteiger partial charge is 0.490 e. The van der Waals surface area contributed by atoms with E-state index in [1.807, 2.05) is 36.4 Å². The van der Waals surface area contributed by atoms with Gasteiger partial charge in [-0.3, -0.25) is 9.78 Å². The predicted molar refractivity (Wildman–Crippen MR) is 118 cm³/mol. The average molecular weight is 406 g/mol. The lowest BCUT2D eigenvalue weighted by Crippen LogP contribution is -2.40. The number of hydrogen-bond donors (Lipinski definition) is 1. The van der Waals surface area contributed by atoms with Gasteiger partial charge in [-0.05, 0) is 80.0 Å². The van der Waals surface area contributed by atoms with Gasteiger partial charge in [0.25, 0.3) is 5.91 Å². The second-order valence-electron chi connectivity index (χ2n) is 8.33. The van der Waals surface area contributed by atoms with Gasteiger partial charge >= 0.3 is 0 Å². The number of hydrogen-bond acceptors (Lipinski definition) is 4. The molecule has 4 rings (SSSR count). The molecule has 1 aliphatic carbocycles. The van der Waals surface area contributed by atoms with E-state index in [-0.39, 0.29) is 12.0 Å². The van der Waals surface area contributed by atoms with Crippen LogP contribution in [-0.4, -0.2) is 41.5 Å². The van der Waals surface area contributed by atoms with Crippen LogP contribution in [0.1, 0.15) is 48.0 Å². The summed E-state index contributed by atoms with van der Waals surface area (Å²) in [6.07, 6.45) is 14.3. The molecule has 5 heteroatoms. The third-order valence-electron chi connectivity index (χ3n) is 6.05. The van der Waals surface area contributed by atoms with Crippen LogP contribution in [0.15, 0.2) is 60.9 Å². The van der Waals surface area contributed by atoms with E-state index in [0.29, 0.717) is 12.1 Å². The number of carbonyl (C=O) groups is 1. The minimum atomic E-state index is -0.0794. The van der Waals surface area contributed by atoms with E-state index in [1.54, 1.807) is 12.4 Å². The molecule has 5 nitrogen and oxygen atoms in total. The molecule has 1 unspecified atom stereocenters. The highest BCUT2D eigenvalue weighted by Crippen LogP contribution is 2.23. The molecule has 2 aromatic rings. The second-order valence-corrected chi connectivity index (χ2v) is 8.33. The monoisotopic (exact) mass is 405 g/mol. The SMILES string of the molecule is O=C(NCc1ccncc1)c1ccc(OC2CCN(CC3CC=CCC3)CC2)cc1. The van der Waals surface area contributed by atoms with Crippen molar-refractivity contribution in [3.63, 3.8) is 0 Å². The van der Waals surface area contributed by atoms with Gasteiger partial charge < -0.3 is 15.0 Å². The first-order valence-corrected chi connectivity index (χ1v) is 11.1. The molecule has 2 aliphatic rings. The summed E-state index contributed by atoms with van der Waals surface area (Å²) in [6, 6.07) is 11.3. The minimum Gasteiger partial charge on any atom is -0.490 e. The number of ether oxygens (including phenoxy) is 1. The molecule has 30 heavy (non-hydrogen) atoms. The molecule has 1 aromatic heterocycles. The van der Waals surface area contributed by atoms with E-state index in [4.69, 9.17) is 4.74 Å². The van der Waals surface area contributed by atoms with Crippen LogP contribution >= 0.6 is 0 Å². The normalized spacial score (nSPS) is 20.1. The number of benzene rings is 1. The Bertz CT molecular complexity index is 827. The van der Waals surface area contributed by atoms with Gasteiger partial charge in [-0.1, -0.05) is 12.2 Å². The predicted octanol–water partition coefficient (Wildman–Crippen LogP) is 4.21. The quantitative estimate of drug-likeness (QED) is 0.701. The van der Waals surface area contributed by atoms with E-state index in [0.717, 1.165) is 43.2 Å². The van der Waals surface area contributed by atoms with Crippen LogP contribution in [0.25, 0.3) is 0 Å². The number of likely N-dealkylation sites (tertiary alicyclic amines) is 1. The Morgan fingerprint density at radius 2 is 1.80 bits per heavy atom. The van der Waals surface area contributed by atoms with Gasteiger partial charge in [0.1, 0.15) is 11.9 Å². The lowest BCUT2D eigenvalue weighted by molar-refractivity contribution is 0.0899.